The van der Waals surface area contributed by atoms with Crippen molar-refractivity contribution in [3.05, 3.63) is 57.8 Å². The second-order valence-electron chi connectivity index (χ2n) is 6.59. The monoisotopic (exact) mass is 372 g/mol. The summed E-state index contributed by atoms with van der Waals surface area (Å²) in [5.74, 6) is -0.498. The van der Waals surface area contributed by atoms with Gasteiger partial charge >= 0.3 is 5.97 Å². The lowest BCUT2D eigenvalue weighted by Crippen LogP contribution is -2.14. The number of thiophene rings is 1. The van der Waals surface area contributed by atoms with Crippen LogP contribution in [0.15, 0.2) is 41.8 Å². The van der Waals surface area contributed by atoms with Gasteiger partial charge in [0.05, 0.1) is 17.4 Å². The van der Waals surface area contributed by atoms with Crippen LogP contribution in [0.1, 0.15) is 79.1 Å². The van der Waals surface area contributed by atoms with Gasteiger partial charge in [-0.3, -0.25) is 9.59 Å². The molecule has 0 saturated heterocycles. The van der Waals surface area contributed by atoms with E-state index in [1.807, 2.05) is 36.6 Å². The van der Waals surface area contributed by atoms with Crippen molar-refractivity contribution in [3.8, 4) is 0 Å². The van der Waals surface area contributed by atoms with Crippen LogP contribution in [0.5, 0.6) is 0 Å². The number of hydrogen-bond acceptors (Lipinski definition) is 4. The average Bonchev–Trinajstić information content (AvgIpc) is 3.21. The van der Waals surface area contributed by atoms with E-state index in [-0.39, 0.29) is 17.7 Å². The van der Waals surface area contributed by atoms with Crippen LogP contribution in [0.3, 0.4) is 0 Å². The maximum Gasteiger partial charge on any atom is 0.313 e. The molecule has 0 fully saturated rings. The lowest BCUT2D eigenvalue weighted by molar-refractivity contribution is -0.145. The largest absolute Gasteiger partial charge is 0.465 e. The van der Waals surface area contributed by atoms with Crippen molar-refractivity contribution in [1.82, 2.24) is 0 Å². The molecule has 0 spiro atoms. The van der Waals surface area contributed by atoms with Gasteiger partial charge in [0.25, 0.3) is 0 Å². The molecular weight excluding hydrogens is 344 g/mol. The summed E-state index contributed by atoms with van der Waals surface area (Å²) < 4.78 is 5.40. The van der Waals surface area contributed by atoms with Crippen LogP contribution in [-0.2, 0) is 9.53 Å². The zero-order valence-corrected chi connectivity index (χ0v) is 16.5. The topological polar surface area (TPSA) is 43.4 Å². The second-order valence-corrected chi connectivity index (χ2v) is 7.53. The molecule has 1 aromatic heterocycles. The number of unbranched alkanes of at least 4 members (excludes halogenated alkanes) is 5. The quantitative estimate of drug-likeness (QED) is 0.276. The Morgan fingerprint density at radius 3 is 2.35 bits per heavy atom. The van der Waals surface area contributed by atoms with E-state index in [0.717, 1.165) is 23.3 Å². The summed E-state index contributed by atoms with van der Waals surface area (Å²) in [5.41, 5.74) is 1.52. The summed E-state index contributed by atoms with van der Waals surface area (Å²) in [6.45, 7) is 4.54. The predicted molar refractivity (Wildman–Crippen MR) is 107 cm³/mol. The van der Waals surface area contributed by atoms with Crippen molar-refractivity contribution in [2.45, 2.75) is 58.3 Å². The van der Waals surface area contributed by atoms with Crippen LogP contribution < -0.4 is 0 Å². The van der Waals surface area contributed by atoms with Crippen molar-refractivity contribution < 1.29 is 14.3 Å². The molecule has 1 heterocycles. The minimum atomic E-state index is -0.319. The van der Waals surface area contributed by atoms with E-state index in [2.05, 4.69) is 6.92 Å². The Morgan fingerprint density at radius 1 is 1.00 bits per heavy atom. The number of carbonyl (C=O) groups excluding carboxylic acids is 2. The molecule has 0 aliphatic rings. The minimum Gasteiger partial charge on any atom is -0.465 e. The van der Waals surface area contributed by atoms with Gasteiger partial charge in [-0.15, -0.1) is 11.3 Å². The Bertz CT molecular complexity index is 674. The highest BCUT2D eigenvalue weighted by Crippen LogP contribution is 2.20. The average molecular weight is 373 g/mol. The summed E-state index contributed by atoms with van der Waals surface area (Å²) in [7, 11) is 0. The van der Waals surface area contributed by atoms with Gasteiger partial charge in [-0.1, -0.05) is 69.4 Å². The van der Waals surface area contributed by atoms with Crippen LogP contribution in [0, 0.1) is 0 Å². The first kappa shape index (κ1) is 20.4. The first-order chi connectivity index (χ1) is 12.6. The molecule has 4 heteroatoms. The third kappa shape index (κ3) is 6.10. The lowest BCUT2D eigenvalue weighted by atomic mass is 9.98. The number of rotatable bonds is 11. The highest BCUT2D eigenvalue weighted by Gasteiger charge is 2.17. The fourth-order valence-corrected chi connectivity index (χ4v) is 3.48. The predicted octanol–water partition coefficient (Wildman–Crippen LogP) is 5.99. The minimum absolute atomic E-state index is 0.0184. The van der Waals surface area contributed by atoms with Gasteiger partial charge in [-0.05, 0) is 30.4 Å². The SMILES string of the molecule is CCCCCCCCOC(=O)C(C)c1ccc(C(=O)c2cccs2)cc1. The molecule has 1 unspecified atom stereocenters. The molecule has 0 saturated carbocycles. The van der Waals surface area contributed by atoms with E-state index in [0.29, 0.717) is 12.2 Å². The second kappa shape index (κ2) is 10.9. The number of benzene rings is 1. The van der Waals surface area contributed by atoms with Crippen molar-refractivity contribution in [1.29, 1.82) is 0 Å². The number of carbonyl (C=O) groups is 2. The fourth-order valence-electron chi connectivity index (χ4n) is 2.79. The maximum atomic E-state index is 12.3. The molecule has 0 bridgehead atoms. The van der Waals surface area contributed by atoms with Gasteiger partial charge < -0.3 is 4.74 Å². The molecule has 26 heavy (non-hydrogen) atoms. The summed E-state index contributed by atoms with van der Waals surface area (Å²) in [5, 5.41) is 1.89. The molecular formula is C22H28O3S. The van der Waals surface area contributed by atoms with Crippen LogP contribution >= 0.6 is 11.3 Å². The van der Waals surface area contributed by atoms with Crippen LogP contribution in [0.25, 0.3) is 0 Å². The Kier molecular flexibility index (Phi) is 8.56. The lowest BCUT2D eigenvalue weighted by Gasteiger charge is -2.12. The van der Waals surface area contributed by atoms with Crippen LogP contribution in [0.2, 0.25) is 0 Å². The van der Waals surface area contributed by atoms with Crippen LogP contribution in [-0.4, -0.2) is 18.4 Å². The van der Waals surface area contributed by atoms with Crippen molar-refractivity contribution in [2.75, 3.05) is 6.61 Å². The fraction of sp³-hybridized carbons (Fsp3) is 0.455. The number of esters is 1. The molecule has 3 nitrogen and oxygen atoms in total. The summed E-state index contributed by atoms with van der Waals surface area (Å²) >= 11 is 1.43. The Morgan fingerprint density at radius 2 is 1.69 bits per heavy atom. The van der Waals surface area contributed by atoms with E-state index in [9.17, 15) is 9.59 Å². The molecule has 1 atom stereocenters. The number of hydrogen-bond donors (Lipinski definition) is 0. The molecule has 0 N–H and O–H groups in total. The Hall–Kier alpha value is -1.94. The maximum absolute atomic E-state index is 12.3. The Balaban J connectivity index is 1.78. The smallest absolute Gasteiger partial charge is 0.313 e. The number of ether oxygens (including phenoxy) is 1. The van der Waals surface area contributed by atoms with E-state index < -0.39 is 0 Å². The first-order valence-electron chi connectivity index (χ1n) is 9.48. The molecule has 2 aromatic rings. The van der Waals surface area contributed by atoms with Crippen molar-refractivity contribution in [2.24, 2.45) is 0 Å². The van der Waals surface area contributed by atoms with E-state index >= 15 is 0 Å². The third-order valence-electron chi connectivity index (χ3n) is 4.51. The highest BCUT2D eigenvalue weighted by molar-refractivity contribution is 7.12. The van der Waals surface area contributed by atoms with Gasteiger partial charge in [0, 0.05) is 5.56 Å². The van der Waals surface area contributed by atoms with Gasteiger partial charge in [0.2, 0.25) is 5.78 Å². The number of ketones is 1. The first-order valence-corrected chi connectivity index (χ1v) is 10.4. The molecule has 0 aliphatic carbocycles. The standard InChI is InChI=1S/C22H28O3S/c1-3-4-5-6-7-8-15-25-22(24)17(2)18-11-13-19(14-12-18)21(23)20-10-9-16-26-20/h9-14,16-17H,3-8,15H2,1-2H3. The molecule has 0 aliphatic heterocycles. The zero-order valence-electron chi connectivity index (χ0n) is 15.7. The highest BCUT2D eigenvalue weighted by atomic mass is 32.1. The molecule has 2 rings (SSSR count). The third-order valence-corrected chi connectivity index (χ3v) is 5.38. The molecule has 1 aromatic carbocycles. The molecule has 0 radical (unpaired) electrons. The van der Waals surface area contributed by atoms with Crippen molar-refractivity contribution in [3.63, 3.8) is 0 Å². The normalized spacial score (nSPS) is 11.9. The molecule has 140 valence electrons. The molecule has 0 amide bonds. The van der Waals surface area contributed by atoms with Crippen molar-refractivity contribution >= 4 is 23.1 Å². The van der Waals surface area contributed by atoms with Gasteiger partial charge in [-0.2, -0.15) is 0 Å². The van der Waals surface area contributed by atoms with Crippen LogP contribution in [0.4, 0.5) is 0 Å². The van der Waals surface area contributed by atoms with Gasteiger partial charge in [0.15, 0.2) is 0 Å². The van der Waals surface area contributed by atoms with E-state index in [4.69, 9.17) is 4.74 Å². The van der Waals surface area contributed by atoms with Gasteiger partial charge in [0.1, 0.15) is 0 Å². The summed E-state index contributed by atoms with van der Waals surface area (Å²) in [4.78, 5) is 25.2. The van der Waals surface area contributed by atoms with E-state index in [1.54, 1.807) is 12.1 Å². The summed E-state index contributed by atoms with van der Waals surface area (Å²) in [6, 6.07) is 11.0. The Labute approximate surface area is 160 Å². The zero-order chi connectivity index (χ0) is 18.8. The van der Waals surface area contributed by atoms with Gasteiger partial charge in [-0.25, -0.2) is 0 Å². The summed E-state index contributed by atoms with van der Waals surface area (Å²) in [6.07, 6.45) is 7.03. The van der Waals surface area contributed by atoms with E-state index in [1.165, 1.54) is 37.0 Å².